The highest BCUT2D eigenvalue weighted by Gasteiger charge is 2.15. The van der Waals surface area contributed by atoms with Crippen molar-refractivity contribution < 1.29 is 18.9 Å². The van der Waals surface area contributed by atoms with Gasteiger partial charge in [0, 0.05) is 12.3 Å². The fourth-order valence-electron chi connectivity index (χ4n) is 2.09. The van der Waals surface area contributed by atoms with Crippen LogP contribution >= 0.6 is 0 Å². The quantitative estimate of drug-likeness (QED) is 0.545. The minimum atomic E-state index is -0.526. The van der Waals surface area contributed by atoms with Gasteiger partial charge in [-0.25, -0.2) is 4.98 Å². The number of non-ortho nitro benzene ring substituents is 1. The molecule has 0 bridgehead atoms. The first-order chi connectivity index (χ1) is 12.1. The standard InChI is InChI=1S/C17H13N3O5/c21-16(19-11-14-6-3-9-24-14)15-7-2-8-18-17(15)25-13-5-1-4-12(10-13)20(22)23/h1-10H,11H2,(H,19,21). The summed E-state index contributed by atoms with van der Waals surface area (Å²) in [6.45, 7) is 0.219. The Morgan fingerprint density at radius 1 is 1.24 bits per heavy atom. The molecule has 2 heterocycles. The number of hydrogen-bond acceptors (Lipinski definition) is 6. The molecule has 0 unspecified atom stereocenters. The number of ether oxygens (including phenoxy) is 1. The highest BCUT2D eigenvalue weighted by molar-refractivity contribution is 5.96. The second-order valence-corrected chi connectivity index (χ2v) is 4.97. The molecule has 0 atom stereocenters. The second kappa shape index (κ2) is 7.26. The summed E-state index contributed by atoms with van der Waals surface area (Å²) in [7, 11) is 0. The average molecular weight is 339 g/mol. The van der Waals surface area contributed by atoms with Crippen LogP contribution in [0.1, 0.15) is 16.1 Å². The summed E-state index contributed by atoms with van der Waals surface area (Å²) in [5, 5.41) is 13.5. The molecule has 1 amide bonds. The molecule has 126 valence electrons. The zero-order valence-corrected chi connectivity index (χ0v) is 12.9. The molecule has 0 saturated carbocycles. The SMILES string of the molecule is O=C(NCc1ccco1)c1cccnc1Oc1cccc([N+](=O)[O-])c1. The van der Waals surface area contributed by atoms with E-state index in [1.807, 2.05) is 0 Å². The molecule has 0 saturated heterocycles. The monoisotopic (exact) mass is 339 g/mol. The number of hydrogen-bond donors (Lipinski definition) is 1. The Morgan fingerprint density at radius 3 is 2.88 bits per heavy atom. The molecule has 3 aromatic rings. The summed E-state index contributed by atoms with van der Waals surface area (Å²) in [5.41, 5.74) is 0.0952. The summed E-state index contributed by atoms with van der Waals surface area (Å²) < 4.78 is 10.7. The molecule has 2 aromatic heterocycles. The number of nitro benzene ring substituents is 1. The summed E-state index contributed by atoms with van der Waals surface area (Å²) in [5.74, 6) is 0.483. The van der Waals surface area contributed by atoms with Crippen LogP contribution in [0.25, 0.3) is 0 Å². The van der Waals surface area contributed by atoms with E-state index in [-0.39, 0.29) is 29.4 Å². The molecule has 1 aromatic carbocycles. The number of nitrogens with one attached hydrogen (secondary N) is 1. The molecule has 0 aliphatic rings. The van der Waals surface area contributed by atoms with E-state index < -0.39 is 10.8 Å². The molecule has 0 spiro atoms. The first-order valence-electron chi connectivity index (χ1n) is 7.31. The zero-order chi connectivity index (χ0) is 17.6. The van der Waals surface area contributed by atoms with Gasteiger partial charge in [0.15, 0.2) is 0 Å². The van der Waals surface area contributed by atoms with E-state index in [1.54, 1.807) is 30.3 Å². The van der Waals surface area contributed by atoms with Crippen molar-refractivity contribution in [3.8, 4) is 11.6 Å². The summed E-state index contributed by atoms with van der Waals surface area (Å²) in [4.78, 5) is 26.7. The van der Waals surface area contributed by atoms with Crippen molar-refractivity contribution in [3.63, 3.8) is 0 Å². The lowest BCUT2D eigenvalue weighted by Crippen LogP contribution is -2.23. The molecule has 1 N–H and O–H groups in total. The molecule has 3 rings (SSSR count). The summed E-state index contributed by atoms with van der Waals surface area (Å²) in [6, 6.07) is 12.3. The van der Waals surface area contributed by atoms with Gasteiger partial charge in [-0.2, -0.15) is 0 Å². The van der Waals surface area contributed by atoms with Crippen LogP contribution in [0.3, 0.4) is 0 Å². The molecule has 0 radical (unpaired) electrons. The number of furan rings is 1. The molecule has 0 fully saturated rings. The van der Waals surface area contributed by atoms with E-state index in [2.05, 4.69) is 10.3 Å². The molecule has 8 heteroatoms. The van der Waals surface area contributed by atoms with Crippen LogP contribution in [0.2, 0.25) is 0 Å². The Bertz CT molecular complexity index is 893. The Balaban J connectivity index is 1.77. The van der Waals surface area contributed by atoms with Crippen molar-refractivity contribution in [2.45, 2.75) is 6.54 Å². The minimum Gasteiger partial charge on any atom is -0.467 e. The van der Waals surface area contributed by atoms with Gasteiger partial charge in [-0.1, -0.05) is 6.07 Å². The third-order valence-corrected chi connectivity index (χ3v) is 3.26. The van der Waals surface area contributed by atoms with E-state index in [0.29, 0.717) is 5.76 Å². The average Bonchev–Trinajstić information content (AvgIpc) is 3.14. The molecule has 8 nitrogen and oxygen atoms in total. The topological polar surface area (TPSA) is 108 Å². The number of benzene rings is 1. The zero-order valence-electron chi connectivity index (χ0n) is 12.9. The molecular weight excluding hydrogens is 326 g/mol. The van der Waals surface area contributed by atoms with Crippen molar-refractivity contribution in [2.24, 2.45) is 0 Å². The lowest BCUT2D eigenvalue weighted by molar-refractivity contribution is -0.384. The second-order valence-electron chi connectivity index (χ2n) is 4.97. The molecule has 25 heavy (non-hydrogen) atoms. The fraction of sp³-hybridized carbons (Fsp3) is 0.0588. The van der Waals surface area contributed by atoms with Crippen LogP contribution in [0.5, 0.6) is 11.6 Å². The highest BCUT2D eigenvalue weighted by Crippen LogP contribution is 2.26. The predicted molar refractivity (Wildman–Crippen MR) is 87.3 cm³/mol. The lowest BCUT2D eigenvalue weighted by Gasteiger charge is -2.09. The van der Waals surface area contributed by atoms with E-state index in [4.69, 9.17) is 9.15 Å². The Labute approximate surface area is 142 Å². The lowest BCUT2D eigenvalue weighted by atomic mass is 10.2. The van der Waals surface area contributed by atoms with Crippen molar-refractivity contribution in [2.75, 3.05) is 0 Å². The number of pyridine rings is 1. The largest absolute Gasteiger partial charge is 0.467 e. The number of aromatic nitrogens is 1. The number of carbonyl (C=O) groups excluding carboxylic acids is 1. The molecular formula is C17H13N3O5. The van der Waals surface area contributed by atoms with Crippen molar-refractivity contribution in [1.82, 2.24) is 10.3 Å². The predicted octanol–water partition coefficient (Wildman–Crippen LogP) is 3.31. The maximum Gasteiger partial charge on any atom is 0.273 e. The van der Waals surface area contributed by atoms with Crippen molar-refractivity contribution in [3.05, 3.63) is 82.4 Å². The van der Waals surface area contributed by atoms with E-state index in [9.17, 15) is 14.9 Å². The van der Waals surface area contributed by atoms with Crippen LogP contribution in [-0.4, -0.2) is 15.8 Å². The number of rotatable bonds is 6. The van der Waals surface area contributed by atoms with Crippen molar-refractivity contribution >= 4 is 11.6 Å². The van der Waals surface area contributed by atoms with Gasteiger partial charge in [-0.15, -0.1) is 0 Å². The first-order valence-corrected chi connectivity index (χ1v) is 7.31. The van der Waals surface area contributed by atoms with E-state index in [1.165, 1.54) is 30.7 Å². The van der Waals surface area contributed by atoms with Crippen LogP contribution in [-0.2, 0) is 6.54 Å². The van der Waals surface area contributed by atoms with Gasteiger partial charge in [0.25, 0.3) is 11.6 Å². The number of nitrogens with zero attached hydrogens (tertiary/aromatic N) is 2. The number of amides is 1. The van der Waals surface area contributed by atoms with Gasteiger partial charge in [0.1, 0.15) is 17.1 Å². The maximum atomic E-state index is 12.3. The number of carbonyl (C=O) groups is 1. The van der Waals surface area contributed by atoms with Gasteiger partial charge in [0.05, 0.1) is 23.8 Å². The van der Waals surface area contributed by atoms with Gasteiger partial charge in [-0.05, 0) is 30.3 Å². The van der Waals surface area contributed by atoms with Gasteiger partial charge in [-0.3, -0.25) is 14.9 Å². The first kappa shape index (κ1) is 16.2. The van der Waals surface area contributed by atoms with E-state index >= 15 is 0 Å². The minimum absolute atomic E-state index is 0.0555. The van der Waals surface area contributed by atoms with Gasteiger partial charge >= 0.3 is 0 Å². The molecule has 0 aliphatic carbocycles. The fourth-order valence-corrected chi connectivity index (χ4v) is 2.09. The van der Waals surface area contributed by atoms with Crippen LogP contribution in [0, 0.1) is 10.1 Å². The third kappa shape index (κ3) is 3.99. The summed E-state index contributed by atoms with van der Waals surface area (Å²) >= 11 is 0. The smallest absolute Gasteiger partial charge is 0.273 e. The third-order valence-electron chi connectivity index (χ3n) is 3.26. The Hall–Kier alpha value is -3.68. The Kier molecular flexibility index (Phi) is 4.70. The normalized spacial score (nSPS) is 10.2. The van der Waals surface area contributed by atoms with Crippen LogP contribution < -0.4 is 10.1 Å². The number of nitro groups is 1. The molecule has 0 aliphatic heterocycles. The van der Waals surface area contributed by atoms with Crippen LogP contribution in [0.15, 0.2) is 65.4 Å². The van der Waals surface area contributed by atoms with Crippen molar-refractivity contribution in [1.29, 1.82) is 0 Å². The Morgan fingerprint density at radius 2 is 2.12 bits per heavy atom. The van der Waals surface area contributed by atoms with E-state index in [0.717, 1.165) is 0 Å². The highest BCUT2D eigenvalue weighted by atomic mass is 16.6. The summed E-state index contributed by atoms with van der Waals surface area (Å²) in [6.07, 6.45) is 2.98. The van der Waals surface area contributed by atoms with Crippen LogP contribution in [0.4, 0.5) is 5.69 Å². The maximum absolute atomic E-state index is 12.3. The van der Waals surface area contributed by atoms with Gasteiger partial charge in [0.2, 0.25) is 5.88 Å². The van der Waals surface area contributed by atoms with Gasteiger partial charge < -0.3 is 14.5 Å².